The third-order valence-corrected chi connectivity index (χ3v) is 10.5. The van der Waals surface area contributed by atoms with Crippen LogP contribution in [0.1, 0.15) is 0 Å². The van der Waals surface area contributed by atoms with Gasteiger partial charge in [0.1, 0.15) is 0 Å². The topological polar surface area (TPSA) is 56.5 Å². The van der Waals surface area contributed by atoms with Gasteiger partial charge in [-0.05, 0) is 56.8 Å². The Morgan fingerprint density at radius 1 is 0.340 bits per heavy atom. The average Bonchev–Trinajstić information content (AvgIpc) is 3.52. The van der Waals surface area contributed by atoms with E-state index in [9.17, 15) is 0 Å². The van der Waals surface area contributed by atoms with Crippen molar-refractivity contribution in [3.8, 4) is 73.2 Å². The van der Waals surface area contributed by atoms with E-state index in [1.54, 1.807) is 0 Å². The van der Waals surface area contributed by atoms with Crippen LogP contribution < -0.4 is 0 Å². The monoisotopic (exact) mass is 675 g/mol. The molecule has 246 valence electrons. The number of hydrogen-bond acceptors (Lipinski definition) is 4. The second kappa shape index (κ2) is 11.7. The quantitative estimate of drug-likeness (QED) is 0.182. The SMILES string of the molecule is c1ccc(-c2nc(-c3ccccc3)nc(-c3ccccc3-c3ccncc3-n3c4cccc5c4c4c6c(cccc6ccc43)-c3ccccc3-5)n2)cc1. The highest BCUT2D eigenvalue weighted by Gasteiger charge is 2.26. The summed E-state index contributed by atoms with van der Waals surface area (Å²) in [6.07, 6.45) is 3.87. The van der Waals surface area contributed by atoms with Crippen molar-refractivity contribution >= 4 is 32.6 Å². The van der Waals surface area contributed by atoms with Crippen LogP contribution in [-0.2, 0) is 0 Å². The molecule has 0 amide bonds. The van der Waals surface area contributed by atoms with Crippen molar-refractivity contribution in [2.24, 2.45) is 0 Å². The molecule has 10 aromatic rings. The summed E-state index contributed by atoms with van der Waals surface area (Å²) in [5, 5.41) is 5.03. The van der Waals surface area contributed by atoms with E-state index in [1.807, 2.05) is 73.1 Å². The van der Waals surface area contributed by atoms with Crippen LogP contribution in [0, 0.1) is 0 Å². The molecular weight excluding hydrogens is 647 g/mol. The Kier molecular flexibility index (Phi) is 6.48. The Labute approximate surface area is 305 Å². The molecule has 0 saturated carbocycles. The van der Waals surface area contributed by atoms with Gasteiger partial charge >= 0.3 is 0 Å². The fraction of sp³-hybridized carbons (Fsp3) is 0. The maximum Gasteiger partial charge on any atom is 0.164 e. The maximum atomic E-state index is 5.12. The van der Waals surface area contributed by atoms with E-state index in [4.69, 9.17) is 19.9 Å². The van der Waals surface area contributed by atoms with E-state index in [0.717, 1.165) is 44.5 Å². The number of fused-ring (bicyclic) bond motifs is 3. The highest BCUT2D eigenvalue weighted by Crippen LogP contribution is 2.50. The van der Waals surface area contributed by atoms with Crippen LogP contribution >= 0.6 is 0 Å². The molecule has 3 aromatic heterocycles. The van der Waals surface area contributed by atoms with Gasteiger partial charge in [-0.3, -0.25) is 4.98 Å². The lowest BCUT2D eigenvalue weighted by Gasteiger charge is -2.17. The zero-order valence-corrected chi connectivity index (χ0v) is 28.5. The summed E-state index contributed by atoms with van der Waals surface area (Å²) in [5.41, 5.74) is 13.1. The van der Waals surface area contributed by atoms with Crippen molar-refractivity contribution in [2.75, 3.05) is 0 Å². The predicted octanol–water partition coefficient (Wildman–Crippen LogP) is 11.8. The van der Waals surface area contributed by atoms with Gasteiger partial charge in [-0.1, -0.05) is 146 Å². The first kappa shape index (κ1) is 29.5. The molecule has 0 radical (unpaired) electrons. The fourth-order valence-corrected chi connectivity index (χ4v) is 8.22. The summed E-state index contributed by atoms with van der Waals surface area (Å²) in [6, 6.07) is 57.4. The molecule has 0 aliphatic heterocycles. The van der Waals surface area contributed by atoms with Crippen molar-refractivity contribution in [2.45, 2.75) is 0 Å². The summed E-state index contributed by atoms with van der Waals surface area (Å²) in [5.74, 6) is 1.88. The molecule has 0 unspecified atom stereocenters. The van der Waals surface area contributed by atoms with Crippen LogP contribution in [0.4, 0.5) is 0 Å². The Bertz CT molecular complexity index is 3000. The van der Waals surface area contributed by atoms with E-state index >= 15 is 0 Å². The minimum atomic E-state index is 0.613. The molecule has 5 nitrogen and oxygen atoms in total. The second-order valence-electron chi connectivity index (χ2n) is 13.4. The molecule has 0 atom stereocenters. The minimum absolute atomic E-state index is 0.613. The lowest BCUT2D eigenvalue weighted by Crippen LogP contribution is -2.02. The molecule has 53 heavy (non-hydrogen) atoms. The number of benzene rings is 7. The van der Waals surface area contributed by atoms with Crippen LogP contribution in [0.5, 0.6) is 0 Å². The number of rotatable bonds is 5. The van der Waals surface area contributed by atoms with Gasteiger partial charge in [-0.2, -0.15) is 0 Å². The average molecular weight is 676 g/mol. The van der Waals surface area contributed by atoms with Crippen molar-refractivity contribution in [3.63, 3.8) is 0 Å². The fourth-order valence-electron chi connectivity index (χ4n) is 8.22. The molecule has 0 N–H and O–H groups in total. The lowest BCUT2D eigenvalue weighted by molar-refractivity contribution is 1.07. The van der Waals surface area contributed by atoms with Gasteiger partial charge in [-0.25, -0.2) is 15.0 Å². The van der Waals surface area contributed by atoms with E-state index in [0.29, 0.717) is 17.5 Å². The number of hydrogen-bond donors (Lipinski definition) is 0. The van der Waals surface area contributed by atoms with Crippen LogP contribution in [0.2, 0.25) is 0 Å². The highest BCUT2D eigenvalue weighted by molar-refractivity contribution is 6.30. The molecule has 0 spiro atoms. The third-order valence-electron chi connectivity index (χ3n) is 10.5. The number of pyridine rings is 1. The molecular formula is C48H29N5. The summed E-state index contributed by atoms with van der Waals surface area (Å²) >= 11 is 0. The first-order chi connectivity index (χ1) is 26.3. The van der Waals surface area contributed by atoms with Crippen LogP contribution in [0.15, 0.2) is 176 Å². The Morgan fingerprint density at radius 3 is 1.55 bits per heavy atom. The standard InChI is InChI=1S/C48H29N5/c1-3-13-31(14-4-1)46-50-47(32-15-5-2-6-16-32)52-48(51-46)39-21-10-9-20-35(39)36-27-28-49-29-42(36)53-40-24-12-23-38-34-19-8-7-18-33(34)37-22-11-17-30-25-26-41(53)45(43(30)37)44(38)40/h1-29H. The minimum Gasteiger partial charge on any atom is -0.307 e. The van der Waals surface area contributed by atoms with Gasteiger partial charge in [0.15, 0.2) is 17.5 Å². The molecule has 0 saturated heterocycles. The molecule has 0 bridgehead atoms. The molecule has 5 heteroatoms. The molecule has 3 heterocycles. The van der Waals surface area contributed by atoms with Crippen molar-refractivity contribution in [3.05, 3.63) is 176 Å². The second-order valence-corrected chi connectivity index (χ2v) is 13.4. The van der Waals surface area contributed by atoms with E-state index in [2.05, 4.69) is 108 Å². The van der Waals surface area contributed by atoms with Gasteiger partial charge < -0.3 is 4.57 Å². The number of nitrogens with zero attached hydrogens (tertiary/aromatic N) is 5. The van der Waals surface area contributed by atoms with Crippen LogP contribution in [0.25, 0.3) is 106 Å². The zero-order valence-electron chi connectivity index (χ0n) is 28.5. The maximum absolute atomic E-state index is 5.12. The first-order valence-corrected chi connectivity index (χ1v) is 17.8. The summed E-state index contributed by atoms with van der Waals surface area (Å²) in [4.78, 5) is 19.9. The predicted molar refractivity (Wildman–Crippen MR) is 216 cm³/mol. The Balaban J connectivity index is 1.19. The third kappa shape index (κ3) is 4.51. The van der Waals surface area contributed by atoms with E-state index in [1.165, 1.54) is 43.8 Å². The molecule has 1 aliphatic carbocycles. The largest absolute Gasteiger partial charge is 0.307 e. The van der Waals surface area contributed by atoms with Crippen molar-refractivity contribution in [1.29, 1.82) is 0 Å². The first-order valence-electron chi connectivity index (χ1n) is 17.8. The van der Waals surface area contributed by atoms with Crippen LogP contribution in [-0.4, -0.2) is 24.5 Å². The summed E-state index contributed by atoms with van der Waals surface area (Å²) in [7, 11) is 0. The van der Waals surface area contributed by atoms with Gasteiger partial charge in [0.2, 0.25) is 0 Å². The van der Waals surface area contributed by atoms with Crippen LogP contribution in [0.3, 0.4) is 0 Å². The molecule has 11 rings (SSSR count). The van der Waals surface area contributed by atoms with Gasteiger partial charge in [0, 0.05) is 39.2 Å². The molecule has 0 fully saturated rings. The normalized spacial score (nSPS) is 11.8. The Hall–Kier alpha value is -7.24. The molecule has 7 aromatic carbocycles. The van der Waals surface area contributed by atoms with Crippen molar-refractivity contribution in [1.82, 2.24) is 24.5 Å². The number of aromatic nitrogens is 5. The zero-order chi connectivity index (χ0) is 34.9. The Morgan fingerprint density at radius 2 is 0.868 bits per heavy atom. The summed E-state index contributed by atoms with van der Waals surface area (Å²) in [6.45, 7) is 0. The smallest absolute Gasteiger partial charge is 0.164 e. The summed E-state index contributed by atoms with van der Waals surface area (Å²) < 4.78 is 2.40. The van der Waals surface area contributed by atoms with Crippen molar-refractivity contribution < 1.29 is 0 Å². The van der Waals surface area contributed by atoms with E-state index < -0.39 is 0 Å². The van der Waals surface area contributed by atoms with Gasteiger partial charge in [-0.15, -0.1) is 0 Å². The van der Waals surface area contributed by atoms with E-state index in [-0.39, 0.29) is 0 Å². The van der Waals surface area contributed by atoms with Gasteiger partial charge in [0.05, 0.1) is 22.9 Å². The highest BCUT2D eigenvalue weighted by atomic mass is 15.0. The van der Waals surface area contributed by atoms with Gasteiger partial charge in [0.25, 0.3) is 0 Å². The molecule has 1 aliphatic rings. The lowest BCUT2D eigenvalue weighted by atomic mass is 9.93.